The molecule has 12 heavy (non-hydrogen) atoms. The van der Waals surface area contributed by atoms with Crippen molar-refractivity contribution < 1.29 is 24.2 Å². The number of halogens is 1. The van der Waals surface area contributed by atoms with Gasteiger partial charge in [0, 0.05) is 6.42 Å². The second-order valence-electron chi connectivity index (χ2n) is 1.85. The maximum absolute atomic E-state index is 10.4. The van der Waals surface area contributed by atoms with Crippen LogP contribution in [0.2, 0.25) is 0 Å². The first kappa shape index (κ1) is 11.0. The number of carbonyl (C=O) groups excluding carboxylic acids is 1. The first-order valence-electron chi connectivity index (χ1n) is 3.24. The monoisotopic (exact) mass is 196 g/mol. The van der Waals surface area contributed by atoms with Crippen molar-refractivity contribution in [2.24, 2.45) is 0 Å². The van der Waals surface area contributed by atoms with E-state index in [2.05, 4.69) is 9.47 Å². The number of hydrogen-bond donors (Lipinski definition) is 1. The van der Waals surface area contributed by atoms with Crippen molar-refractivity contribution in [2.75, 3.05) is 12.7 Å². The Kier molecular flexibility index (Phi) is 6.18. The molecule has 0 aromatic rings. The molecule has 0 amide bonds. The van der Waals surface area contributed by atoms with E-state index in [1.54, 1.807) is 0 Å². The Labute approximate surface area is 74.2 Å². The van der Waals surface area contributed by atoms with Gasteiger partial charge in [0.25, 0.3) is 0 Å². The van der Waals surface area contributed by atoms with Gasteiger partial charge < -0.3 is 14.6 Å². The third-order valence-corrected chi connectivity index (χ3v) is 1.04. The van der Waals surface area contributed by atoms with Gasteiger partial charge in [-0.2, -0.15) is 0 Å². The molecule has 0 heterocycles. The number of carboxylic acids is 1. The third kappa shape index (κ3) is 7.14. The predicted octanol–water partition coefficient (Wildman–Crippen LogP) is 1.20. The van der Waals surface area contributed by atoms with E-state index in [9.17, 15) is 9.59 Å². The molecule has 0 unspecified atom stereocenters. The van der Waals surface area contributed by atoms with E-state index >= 15 is 0 Å². The molecule has 0 aromatic heterocycles. The molecule has 0 rings (SSSR count). The van der Waals surface area contributed by atoms with Gasteiger partial charge in [0.1, 0.15) is 0 Å². The van der Waals surface area contributed by atoms with Crippen molar-refractivity contribution in [1.82, 2.24) is 0 Å². The lowest BCUT2D eigenvalue weighted by Crippen LogP contribution is -2.08. The van der Waals surface area contributed by atoms with Crippen LogP contribution >= 0.6 is 11.6 Å². The van der Waals surface area contributed by atoms with Gasteiger partial charge in [-0.15, -0.1) is 0 Å². The molecule has 0 aromatic carbocycles. The van der Waals surface area contributed by atoms with Crippen molar-refractivity contribution in [3.8, 4) is 0 Å². The molecule has 70 valence electrons. The lowest BCUT2D eigenvalue weighted by molar-refractivity contribution is -0.137. The predicted molar refractivity (Wildman–Crippen MR) is 40.0 cm³/mol. The van der Waals surface area contributed by atoms with Crippen LogP contribution in [0.3, 0.4) is 0 Å². The van der Waals surface area contributed by atoms with Crippen LogP contribution in [0, 0.1) is 0 Å². The summed E-state index contributed by atoms with van der Waals surface area (Å²) in [5.74, 6) is -0.927. The van der Waals surface area contributed by atoms with E-state index in [0.29, 0.717) is 0 Å². The molecule has 1 N–H and O–H groups in total. The maximum Gasteiger partial charge on any atom is 0.509 e. The van der Waals surface area contributed by atoms with E-state index in [4.69, 9.17) is 16.7 Å². The number of alkyl halides is 1. The fourth-order valence-corrected chi connectivity index (χ4v) is 0.554. The summed E-state index contributed by atoms with van der Waals surface area (Å²) in [5.41, 5.74) is 0. The molecule has 0 aliphatic heterocycles. The van der Waals surface area contributed by atoms with Crippen molar-refractivity contribution in [3.63, 3.8) is 0 Å². The molecular formula is C6H9ClO5. The van der Waals surface area contributed by atoms with Crippen LogP contribution in [0.15, 0.2) is 0 Å². The zero-order valence-electron chi connectivity index (χ0n) is 6.29. The minimum absolute atomic E-state index is 0.0298. The van der Waals surface area contributed by atoms with Crippen molar-refractivity contribution in [2.45, 2.75) is 12.8 Å². The van der Waals surface area contributed by atoms with Gasteiger partial charge in [0.05, 0.1) is 6.61 Å². The number of rotatable bonds is 5. The molecule has 0 atom stereocenters. The van der Waals surface area contributed by atoms with Crippen LogP contribution in [-0.2, 0) is 14.3 Å². The normalized spacial score (nSPS) is 9.08. The number of carbonyl (C=O) groups is 2. The largest absolute Gasteiger partial charge is 0.509 e. The lowest BCUT2D eigenvalue weighted by Gasteiger charge is -2.01. The van der Waals surface area contributed by atoms with Crippen molar-refractivity contribution in [3.05, 3.63) is 0 Å². The maximum atomic E-state index is 10.4. The molecule has 0 aliphatic rings. The first-order chi connectivity index (χ1) is 5.66. The smallest absolute Gasteiger partial charge is 0.481 e. The molecule has 0 saturated heterocycles. The Balaban J connectivity index is 3.19. The molecule has 6 heteroatoms. The second-order valence-corrected chi connectivity index (χ2v) is 2.07. The summed E-state index contributed by atoms with van der Waals surface area (Å²) in [7, 11) is 0. The number of ether oxygens (including phenoxy) is 2. The molecule has 0 radical (unpaired) electrons. The van der Waals surface area contributed by atoms with Crippen molar-refractivity contribution >= 4 is 23.7 Å². The minimum atomic E-state index is -0.927. The van der Waals surface area contributed by atoms with E-state index < -0.39 is 12.1 Å². The molecular weight excluding hydrogens is 188 g/mol. The summed E-state index contributed by atoms with van der Waals surface area (Å²) >= 11 is 5.04. The lowest BCUT2D eigenvalue weighted by atomic mass is 10.3. The van der Waals surface area contributed by atoms with Gasteiger partial charge in [0.2, 0.25) is 0 Å². The highest BCUT2D eigenvalue weighted by molar-refractivity contribution is 6.17. The highest BCUT2D eigenvalue weighted by Crippen LogP contribution is 1.93. The van der Waals surface area contributed by atoms with Crippen LogP contribution in [0.25, 0.3) is 0 Å². The topological polar surface area (TPSA) is 72.8 Å². The highest BCUT2D eigenvalue weighted by atomic mass is 35.5. The summed E-state index contributed by atoms with van der Waals surface area (Å²) < 4.78 is 8.63. The third-order valence-electron chi connectivity index (χ3n) is 0.927. The second kappa shape index (κ2) is 6.72. The van der Waals surface area contributed by atoms with E-state index in [1.807, 2.05) is 0 Å². The van der Waals surface area contributed by atoms with E-state index in [0.717, 1.165) is 0 Å². The first-order valence-corrected chi connectivity index (χ1v) is 3.77. The average Bonchev–Trinajstić information content (AvgIpc) is 1.98. The summed E-state index contributed by atoms with van der Waals surface area (Å²) in [6.07, 6.45) is -0.642. The SMILES string of the molecule is O=C(O)CCCOC(=O)OCCl. The van der Waals surface area contributed by atoms with Gasteiger partial charge in [-0.25, -0.2) is 4.79 Å². The van der Waals surface area contributed by atoms with Crippen LogP contribution in [0.4, 0.5) is 4.79 Å². The summed E-state index contributed by atoms with van der Waals surface area (Å²) in [5, 5.41) is 8.19. The summed E-state index contributed by atoms with van der Waals surface area (Å²) in [4.78, 5) is 20.4. The average molecular weight is 197 g/mol. The fraction of sp³-hybridized carbons (Fsp3) is 0.667. The van der Waals surface area contributed by atoms with E-state index in [-0.39, 0.29) is 25.5 Å². The summed E-state index contributed by atoms with van der Waals surface area (Å²) in [6, 6.07) is -0.266. The quantitative estimate of drug-likeness (QED) is 0.406. The Morgan fingerprint density at radius 1 is 1.33 bits per heavy atom. The van der Waals surface area contributed by atoms with Gasteiger partial charge in [-0.3, -0.25) is 4.79 Å². The summed E-state index contributed by atoms with van der Waals surface area (Å²) in [6.45, 7) is 0.0298. The molecule has 0 fully saturated rings. The Morgan fingerprint density at radius 3 is 2.50 bits per heavy atom. The molecule has 0 aliphatic carbocycles. The number of carboxylic acid groups (broad SMARTS) is 1. The molecule has 0 bridgehead atoms. The van der Waals surface area contributed by atoms with Crippen LogP contribution in [-0.4, -0.2) is 29.9 Å². The zero-order valence-corrected chi connectivity index (χ0v) is 7.04. The van der Waals surface area contributed by atoms with Gasteiger partial charge in [-0.1, -0.05) is 11.6 Å². The molecule has 5 nitrogen and oxygen atoms in total. The molecule has 0 spiro atoms. The van der Waals surface area contributed by atoms with Gasteiger partial charge in [-0.05, 0) is 6.42 Å². The minimum Gasteiger partial charge on any atom is -0.481 e. The van der Waals surface area contributed by atoms with E-state index in [1.165, 1.54) is 0 Å². The van der Waals surface area contributed by atoms with Crippen LogP contribution in [0.5, 0.6) is 0 Å². The Hall–Kier alpha value is -0.970. The molecule has 0 saturated carbocycles. The van der Waals surface area contributed by atoms with Gasteiger partial charge >= 0.3 is 12.1 Å². The Bertz CT molecular complexity index is 158. The van der Waals surface area contributed by atoms with Crippen molar-refractivity contribution in [1.29, 1.82) is 0 Å². The van der Waals surface area contributed by atoms with Gasteiger partial charge in [0.15, 0.2) is 6.07 Å². The Morgan fingerprint density at radius 2 is 2.00 bits per heavy atom. The zero-order chi connectivity index (χ0) is 9.40. The number of aliphatic carboxylic acids is 1. The fourth-order valence-electron chi connectivity index (χ4n) is 0.465. The standard InChI is InChI=1S/C6H9ClO5/c7-4-12-6(10)11-3-1-2-5(8)9/h1-4H2,(H,8,9). The van der Waals surface area contributed by atoms with Crippen LogP contribution < -0.4 is 0 Å². The van der Waals surface area contributed by atoms with Crippen LogP contribution in [0.1, 0.15) is 12.8 Å². The number of hydrogen-bond acceptors (Lipinski definition) is 4. The highest BCUT2D eigenvalue weighted by Gasteiger charge is 2.02.